The Balaban J connectivity index is 1.73. The zero-order chi connectivity index (χ0) is 51.3. The van der Waals surface area contributed by atoms with E-state index in [1.165, 1.54) is 11.8 Å². The fourth-order valence-electron chi connectivity index (χ4n) is 8.40. The number of unbranched alkanes of at least 4 members (excludes halogenated alkanes) is 1. The van der Waals surface area contributed by atoms with Gasteiger partial charge < -0.3 is 36.1 Å². The van der Waals surface area contributed by atoms with Crippen LogP contribution in [0.4, 0.5) is 0 Å². The summed E-state index contributed by atoms with van der Waals surface area (Å²) < 4.78 is 11.2. The van der Waals surface area contributed by atoms with Gasteiger partial charge >= 0.3 is 11.9 Å². The summed E-state index contributed by atoms with van der Waals surface area (Å²) in [6, 6.07) is 3.41. The van der Waals surface area contributed by atoms with Crippen LogP contribution in [-0.4, -0.2) is 186 Å². The van der Waals surface area contributed by atoms with Gasteiger partial charge in [0, 0.05) is 89.8 Å². The van der Waals surface area contributed by atoms with Crippen molar-refractivity contribution in [3.8, 4) is 0 Å². The lowest BCUT2D eigenvalue weighted by Crippen LogP contribution is -2.52. The summed E-state index contributed by atoms with van der Waals surface area (Å²) in [7, 11) is 0. The van der Waals surface area contributed by atoms with Crippen LogP contribution in [0, 0.1) is 0 Å². The number of nitrogens with one attached hydrogen (secondary N) is 3. The maximum absolute atomic E-state index is 14.2. The number of hydrogen-bond donors (Lipinski definition) is 4. The van der Waals surface area contributed by atoms with Gasteiger partial charge in [-0.25, -0.2) is 4.79 Å². The fraction of sp³-hybridized carbons (Fsp3) is 0.720. The lowest BCUT2D eigenvalue weighted by atomic mass is 9.93. The minimum Gasteiger partial charge on any atom is -0.459 e. The van der Waals surface area contributed by atoms with E-state index in [1.807, 2.05) is 47.8 Å². The molecule has 1 saturated heterocycles. The Bertz CT molecular complexity index is 1900. The molecule has 0 radical (unpaired) electrons. The molecule has 2 heterocycles. The van der Waals surface area contributed by atoms with Crippen molar-refractivity contribution in [3.63, 3.8) is 0 Å². The highest BCUT2D eigenvalue weighted by molar-refractivity contribution is 7.98. The third-order valence-electron chi connectivity index (χ3n) is 11.7. The number of esters is 2. The van der Waals surface area contributed by atoms with Gasteiger partial charge in [0.1, 0.15) is 28.8 Å². The van der Waals surface area contributed by atoms with Crippen LogP contribution in [0.5, 0.6) is 0 Å². The summed E-state index contributed by atoms with van der Waals surface area (Å²) in [5, 5.41) is 9.18. The molecule has 2 aliphatic heterocycles. The largest absolute Gasteiger partial charge is 0.459 e. The summed E-state index contributed by atoms with van der Waals surface area (Å²) in [4.78, 5) is 113. The molecule has 1 aromatic carbocycles. The molecule has 3 rings (SSSR count). The molecule has 5 N–H and O–H groups in total. The number of Topliss-reactive ketones (excluding diaryl/α,β-unsaturated/α-hetero) is 3. The van der Waals surface area contributed by atoms with E-state index in [2.05, 4.69) is 16.0 Å². The van der Waals surface area contributed by atoms with Gasteiger partial charge in [0.15, 0.2) is 5.78 Å². The quantitative estimate of drug-likeness (QED) is 0.0912. The first-order valence-corrected chi connectivity index (χ1v) is 25.9. The summed E-state index contributed by atoms with van der Waals surface area (Å²) in [6.07, 6.45) is 4.28. The molecule has 3 atom stereocenters. The third-order valence-corrected chi connectivity index (χ3v) is 12.3. The molecule has 388 valence electrons. The topological polar surface area (TPSA) is 230 Å². The van der Waals surface area contributed by atoms with E-state index >= 15 is 0 Å². The van der Waals surface area contributed by atoms with Gasteiger partial charge in [-0.3, -0.25) is 48.3 Å². The second kappa shape index (κ2) is 29.2. The number of rotatable bonds is 23. The van der Waals surface area contributed by atoms with Crippen LogP contribution in [0.15, 0.2) is 18.2 Å². The second-order valence-electron chi connectivity index (χ2n) is 20.4. The van der Waals surface area contributed by atoms with Crippen LogP contribution in [0.1, 0.15) is 122 Å². The lowest BCUT2D eigenvalue weighted by molar-refractivity contribution is -0.159. The summed E-state index contributed by atoms with van der Waals surface area (Å²) in [5.41, 5.74) is 6.28. The Morgan fingerprint density at radius 2 is 1.45 bits per heavy atom. The second-order valence-corrected chi connectivity index (χ2v) is 21.3. The van der Waals surface area contributed by atoms with Crippen molar-refractivity contribution in [3.05, 3.63) is 34.9 Å². The Kier molecular flexibility index (Phi) is 25.0. The van der Waals surface area contributed by atoms with Crippen molar-refractivity contribution in [2.45, 2.75) is 143 Å². The number of fused-ring (bicyclic) bond motifs is 1. The number of benzene rings is 1. The van der Waals surface area contributed by atoms with Crippen LogP contribution < -0.4 is 21.7 Å². The molecule has 0 aromatic heterocycles. The highest BCUT2D eigenvalue weighted by Gasteiger charge is 2.31. The number of carbonyl (C=O) groups is 8. The zero-order valence-corrected chi connectivity index (χ0v) is 43.7. The van der Waals surface area contributed by atoms with E-state index in [9.17, 15) is 38.4 Å². The molecule has 1 aromatic rings. The Labute approximate surface area is 414 Å². The Hall–Kier alpha value is -4.27. The van der Waals surface area contributed by atoms with Gasteiger partial charge in [-0.05, 0) is 123 Å². The fourth-order valence-corrected chi connectivity index (χ4v) is 8.87. The molecule has 1 unspecified atom stereocenters. The smallest absolute Gasteiger partial charge is 0.329 e. The Morgan fingerprint density at radius 1 is 0.783 bits per heavy atom. The average Bonchev–Trinajstić information content (AvgIpc) is 3.24. The molecule has 19 heteroatoms. The van der Waals surface area contributed by atoms with Crippen molar-refractivity contribution in [1.29, 1.82) is 0 Å². The van der Waals surface area contributed by atoms with E-state index in [0.717, 1.165) is 11.1 Å². The maximum atomic E-state index is 14.2. The van der Waals surface area contributed by atoms with E-state index < -0.39 is 41.1 Å². The predicted octanol–water partition coefficient (Wildman–Crippen LogP) is 2.52. The minimum absolute atomic E-state index is 0.00738. The number of ether oxygens (including phenoxy) is 2. The van der Waals surface area contributed by atoms with Crippen molar-refractivity contribution in [2.24, 2.45) is 5.73 Å². The third kappa shape index (κ3) is 23.0. The molecule has 1 fully saturated rings. The summed E-state index contributed by atoms with van der Waals surface area (Å²) in [5.74, 6) is -1.56. The van der Waals surface area contributed by atoms with Crippen molar-refractivity contribution < 1.29 is 47.8 Å². The SMILES string of the molecule is CSCC[C@H](NC(=O)c1cccc2c1CCN(C(=O)CN1CCN(CC(=O)OC(C)(C)C)CCN(CC(C)=O)CCNC(CC(C)=O)C1)C2)C(=O)CCC(=O)N[C@@H](CCCCN)C(=O)OC(C)(C)C. The number of thioether (sulfide) groups is 1. The van der Waals surface area contributed by atoms with Crippen molar-refractivity contribution in [2.75, 3.05) is 90.5 Å². The van der Waals surface area contributed by atoms with Crippen molar-refractivity contribution in [1.82, 2.24) is 35.6 Å². The highest BCUT2D eigenvalue weighted by atomic mass is 32.2. The molecule has 0 bridgehead atoms. The van der Waals surface area contributed by atoms with Gasteiger partial charge in [0.05, 0.1) is 25.7 Å². The molecule has 2 aliphatic rings. The summed E-state index contributed by atoms with van der Waals surface area (Å²) >= 11 is 1.54. The lowest BCUT2D eigenvalue weighted by Gasteiger charge is -2.35. The molecule has 0 spiro atoms. The van der Waals surface area contributed by atoms with Gasteiger partial charge in [0.2, 0.25) is 11.8 Å². The van der Waals surface area contributed by atoms with Crippen molar-refractivity contribution >= 4 is 58.8 Å². The number of amides is 3. The monoisotopic (exact) mass is 987 g/mol. The molecule has 69 heavy (non-hydrogen) atoms. The van der Waals surface area contributed by atoms with Gasteiger partial charge in [0.25, 0.3) is 5.91 Å². The zero-order valence-electron chi connectivity index (χ0n) is 42.9. The first-order chi connectivity index (χ1) is 32.5. The van der Waals surface area contributed by atoms with Crippen LogP contribution in [0.2, 0.25) is 0 Å². The number of nitrogens with two attached hydrogens (primary N) is 1. The molecule has 3 amide bonds. The van der Waals surface area contributed by atoms with E-state index in [-0.39, 0.29) is 80.7 Å². The van der Waals surface area contributed by atoms with E-state index in [1.54, 1.807) is 51.7 Å². The van der Waals surface area contributed by atoms with Crippen LogP contribution in [0.3, 0.4) is 0 Å². The minimum atomic E-state index is -0.873. The Morgan fingerprint density at radius 3 is 2.07 bits per heavy atom. The number of hydrogen-bond acceptors (Lipinski definition) is 16. The normalized spacial score (nSPS) is 17.8. The van der Waals surface area contributed by atoms with Gasteiger partial charge in [-0.2, -0.15) is 11.8 Å². The molecular weight excluding hydrogens is 905 g/mol. The first-order valence-electron chi connectivity index (χ1n) is 24.5. The van der Waals surface area contributed by atoms with Crippen LogP contribution in [0.25, 0.3) is 0 Å². The molecular formula is C50H82N8O10S. The predicted molar refractivity (Wildman–Crippen MR) is 268 cm³/mol. The molecule has 0 aliphatic carbocycles. The van der Waals surface area contributed by atoms with E-state index in [0.29, 0.717) is 102 Å². The average molecular weight is 987 g/mol. The van der Waals surface area contributed by atoms with Gasteiger partial charge in [-0.1, -0.05) is 12.1 Å². The maximum Gasteiger partial charge on any atom is 0.329 e. The standard InChI is InChI=1S/C50H82N8O10S/c1-35(59)29-38-32-57(27-26-56(34-46(64)67-49(3,4)5)25-24-55(23-21-52-38)30-36(2)60)33-45(63)58-22-18-39-37(31-58)13-12-14-40(39)47(65)54-41(19-28-69-9)43(61)16-17-44(62)53-42(15-10-11-20-51)48(66)68-50(6,7)8/h12-14,38,41-42,52H,10-11,15-34,51H2,1-9H3,(H,53,62)(H,54,65)/t38?,41-,42-/m0/s1. The number of ketones is 3. The van der Waals surface area contributed by atoms with E-state index in [4.69, 9.17) is 15.2 Å². The molecule has 18 nitrogen and oxygen atoms in total. The molecule has 0 saturated carbocycles. The number of carbonyl (C=O) groups excluding carboxylic acids is 8. The number of nitrogens with zero attached hydrogens (tertiary/aromatic N) is 4. The van der Waals surface area contributed by atoms with Crippen LogP contribution in [-0.2, 0) is 56.0 Å². The highest BCUT2D eigenvalue weighted by Crippen LogP contribution is 2.24. The first kappa shape index (κ1) is 59.0. The summed E-state index contributed by atoms with van der Waals surface area (Å²) in [6.45, 7) is 18.6. The van der Waals surface area contributed by atoms with Gasteiger partial charge in [-0.15, -0.1) is 0 Å². The van der Waals surface area contributed by atoms with Crippen LogP contribution >= 0.6 is 11.8 Å².